The Labute approximate surface area is 150 Å². The Morgan fingerprint density at radius 1 is 0.517 bits per heavy atom. The van der Waals surface area contributed by atoms with Gasteiger partial charge in [-0.15, -0.1) is 0 Å². The number of para-hydroxylation sites is 2. The van der Waals surface area contributed by atoms with Crippen molar-refractivity contribution < 1.29 is 70.5 Å². The average Bonchev–Trinajstić information content (AvgIpc) is 2.94. The predicted octanol–water partition coefficient (Wildman–Crippen LogP) is 6.89. The van der Waals surface area contributed by atoms with Gasteiger partial charge in [0.1, 0.15) is 0 Å². The smallest absolute Gasteiger partial charge is 0.293 e. The fourth-order valence-corrected chi connectivity index (χ4v) is 4.71. The van der Waals surface area contributed by atoms with Crippen molar-refractivity contribution in [3.05, 3.63) is 24.3 Å². The van der Waals surface area contributed by atoms with Crippen molar-refractivity contribution in [3.63, 3.8) is 0 Å². The van der Waals surface area contributed by atoms with Gasteiger partial charge >= 0.3 is 43.2 Å². The van der Waals surface area contributed by atoms with Crippen molar-refractivity contribution in [2.24, 2.45) is 0 Å². The fraction of sp³-hybridized carbons (Fsp3) is 0.500. The highest BCUT2D eigenvalue weighted by Gasteiger charge is 3.03. The second-order valence-electron chi connectivity index (χ2n) is 5.41. The maximum atomic E-state index is 14.2. The lowest BCUT2D eigenvalue weighted by Gasteiger charge is -2.37. The Bertz CT molecular complexity index is 719. The maximum Gasteiger partial charge on any atom is 0.519 e. The first-order valence-electron chi connectivity index (χ1n) is 6.69. The number of hydrogen-bond donors (Lipinski definition) is 0. The molecule has 0 spiro atoms. The van der Waals surface area contributed by atoms with Gasteiger partial charge < -0.3 is 0 Å². The summed E-state index contributed by atoms with van der Waals surface area (Å²) < 4.78 is 192. The summed E-state index contributed by atoms with van der Waals surface area (Å²) in [6.07, 6.45) is -14.7. The van der Waals surface area contributed by atoms with Crippen LogP contribution in [-0.4, -0.2) is 35.5 Å². The van der Waals surface area contributed by atoms with Crippen molar-refractivity contribution in [2.45, 2.75) is 35.5 Å². The minimum absolute atomic E-state index is 0.348. The molecule has 0 aliphatic carbocycles. The molecule has 0 saturated heterocycles. The largest absolute Gasteiger partial charge is 0.519 e. The van der Waals surface area contributed by atoms with Crippen molar-refractivity contribution in [3.8, 4) is 11.5 Å². The topological polar surface area (TPSA) is 18.5 Å². The van der Waals surface area contributed by atoms with Crippen LogP contribution in [0.4, 0.5) is 61.5 Å². The molecule has 1 aliphatic rings. The maximum absolute atomic E-state index is 14.2. The van der Waals surface area contributed by atoms with Crippen LogP contribution in [0, 0.1) is 0 Å². The second kappa shape index (κ2) is 6.14. The quantitative estimate of drug-likeness (QED) is 0.348. The highest BCUT2D eigenvalue weighted by Crippen LogP contribution is 2.88. The van der Waals surface area contributed by atoms with Crippen LogP contribution in [0.2, 0.25) is 0 Å². The van der Waals surface area contributed by atoms with E-state index in [4.69, 9.17) is 0 Å². The average molecular weight is 477 g/mol. The monoisotopic (exact) mass is 477 g/mol. The van der Waals surface area contributed by atoms with Gasteiger partial charge in [0.2, 0.25) is 11.5 Å². The van der Waals surface area contributed by atoms with Gasteiger partial charge in [-0.2, -0.15) is 61.5 Å². The van der Waals surface area contributed by atoms with E-state index in [0.717, 1.165) is 12.1 Å². The minimum Gasteiger partial charge on any atom is -0.293 e. The predicted molar refractivity (Wildman–Crippen MR) is 66.5 cm³/mol. The molecule has 1 aromatic carbocycles. The first-order chi connectivity index (χ1) is 12.7. The molecule has 0 bridgehead atoms. The normalized spacial score (nSPS) is 18.1. The van der Waals surface area contributed by atoms with E-state index in [0.29, 0.717) is 12.1 Å². The van der Waals surface area contributed by atoms with Gasteiger partial charge in [0.05, 0.1) is 0 Å². The van der Waals surface area contributed by atoms with Crippen LogP contribution in [0.5, 0.6) is 11.5 Å². The van der Waals surface area contributed by atoms with E-state index in [9.17, 15) is 61.5 Å². The lowest BCUT2D eigenvalue weighted by Crippen LogP contribution is -2.62. The molecule has 1 aromatic rings. The molecule has 2 rings (SSSR count). The zero-order valence-corrected chi connectivity index (χ0v) is 13.8. The van der Waals surface area contributed by atoms with Crippen LogP contribution in [-0.2, 0) is 0 Å². The molecule has 0 amide bonds. The van der Waals surface area contributed by atoms with Crippen LogP contribution in [0.15, 0.2) is 24.3 Å². The summed E-state index contributed by atoms with van der Waals surface area (Å²) in [4.78, 5) is 0. The van der Waals surface area contributed by atoms with Crippen LogP contribution in [0.1, 0.15) is 0 Å². The molecular formula is C12H4F14O2P+. The van der Waals surface area contributed by atoms with Crippen molar-refractivity contribution in [2.75, 3.05) is 0 Å². The van der Waals surface area contributed by atoms with E-state index in [2.05, 4.69) is 9.05 Å². The van der Waals surface area contributed by atoms with Crippen LogP contribution in [0.3, 0.4) is 0 Å². The Hall–Kier alpha value is -1.73. The summed E-state index contributed by atoms with van der Waals surface area (Å²) in [5.74, 6) is -18.0. The molecule has 0 unspecified atom stereocenters. The molecule has 166 valence electrons. The summed E-state index contributed by atoms with van der Waals surface area (Å²) in [6.45, 7) is 0. The summed E-state index contributed by atoms with van der Waals surface area (Å²) in [6, 6.07) is 2.17. The van der Waals surface area contributed by atoms with E-state index >= 15 is 0 Å². The van der Waals surface area contributed by atoms with E-state index in [1.54, 1.807) is 0 Å². The molecule has 0 radical (unpaired) electrons. The van der Waals surface area contributed by atoms with Gasteiger partial charge in [0.15, 0.2) is 0 Å². The molecule has 17 heteroatoms. The SMILES string of the molecule is FC(F)(F)C(F)(F)C(F)(F)[P+]1(C(F)(F)C(F)(F)C(F)(F)F)Oc2ccccc2O1. The second-order valence-corrected chi connectivity index (χ2v) is 8.00. The molecule has 0 N–H and O–H groups in total. The van der Waals surface area contributed by atoms with Crippen LogP contribution >= 0.6 is 7.72 Å². The molecule has 0 fully saturated rings. The first-order valence-corrected chi connectivity index (χ1v) is 8.32. The van der Waals surface area contributed by atoms with Crippen molar-refractivity contribution >= 4 is 7.72 Å². The fourth-order valence-electron chi connectivity index (χ4n) is 2.01. The molecular weight excluding hydrogens is 473 g/mol. The zero-order valence-electron chi connectivity index (χ0n) is 12.9. The van der Waals surface area contributed by atoms with Gasteiger partial charge in [0.25, 0.3) is 0 Å². The Balaban J connectivity index is 2.84. The highest BCUT2D eigenvalue weighted by molar-refractivity contribution is 7.70. The van der Waals surface area contributed by atoms with Crippen molar-refractivity contribution in [1.29, 1.82) is 0 Å². The molecule has 1 heterocycles. The molecule has 1 aliphatic heterocycles. The van der Waals surface area contributed by atoms with Crippen molar-refractivity contribution in [1.82, 2.24) is 0 Å². The van der Waals surface area contributed by atoms with Gasteiger partial charge in [-0.05, 0) is 12.1 Å². The Morgan fingerprint density at radius 3 is 1.03 bits per heavy atom. The van der Waals surface area contributed by atoms with Gasteiger partial charge in [-0.25, -0.2) is 0 Å². The summed E-state index contributed by atoms with van der Waals surface area (Å²) in [5.41, 5.74) is -14.8. The lowest BCUT2D eigenvalue weighted by molar-refractivity contribution is -0.349. The summed E-state index contributed by atoms with van der Waals surface area (Å²) in [7, 11) is -8.08. The molecule has 0 aromatic heterocycles. The van der Waals surface area contributed by atoms with E-state index in [1.165, 1.54) is 0 Å². The van der Waals surface area contributed by atoms with Gasteiger partial charge in [-0.1, -0.05) is 12.1 Å². The number of hydrogen-bond acceptors (Lipinski definition) is 2. The summed E-state index contributed by atoms with van der Waals surface area (Å²) in [5, 5.41) is 0. The minimum atomic E-state index is -8.08. The molecule has 2 nitrogen and oxygen atoms in total. The van der Waals surface area contributed by atoms with E-state index in [-0.39, 0.29) is 0 Å². The van der Waals surface area contributed by atoms with Crippen LogP contribution in [0.25, 0.3) is 0 Å². The standard InChI is InChI=1S/C12H4F14O2P/c13-7(14,9(17,18)19)11(23,24)29(12(25,26)8(15,16)10(20,21)22)27-5-3-1-2-4-6(5)28-29/h1-4H/q+1. The molecule has 0 atom stereocenters. The first kappa shape index (κ1) is 23.5. The Morgan fingerprint density at radius 2 is 0.793 bits per heavy atom. The third-order valence-corrected chi connectivity index (χ3v) is 6.46. The zero-order chi connectivity index (χ0) is 22.9. The number of benzene rings is 1. The van der Waals surface area contributed by atoms with Gasteiger partial charge in [-0.3, -0.25) is 9.05 Å². The Kier molecular flexibility index (Phi) is 4.99. The molecule has 0 saturated carbocycles. The van der Waals surface area contributed by atoms with Gasteiger partial charge in [0, 0.05) is 0 Å². The van der Waals surface area contributed by atoms with E-state index in [1.807, 2.05) is 0 Å². The number of fused-ring (bicyclic) bond motifs is 1. The molecule has 29 heavy (non-hydrogen) atoms. The third kappa shape index (κ3) is 2.88. The number of alkyl halides is 14. The highest BCUT2D eigenvalue weighted by atomic mass is 31.2. The van der Waals surface area contributed by atoms with Crippen LogP contribution < -0.4 is 9.05 Å². The van der Waals surface area contributed by atoms with E-state index < -0.39 is 54.7 Å². The summed E-state index contributed by atoms with van der Waals surface area (Å²) >= 11 is 0. The number of rotatable bonds is 4. The number of halogens is 14. The lowest BCUT2D eigenvalue weighted by atomic mass is 10.3. The third-order valence-electron chi connectivity index (χ3n) is 3.51.